The number of sulfone groups is 1. The molecule has 0 bridgehead atoms. The van der Waals surface area contributed by atoms with Crippen LogP contribution in [0.4, 0.5) is 0 Å². The fourth-order valence-corrected chi connectivity index (χ4v) is 5.08. The lowest BCUT2D eigenvalue weighted by atomic mass is 10.2. The number of hydrogen-bond acceptors (Lipinski definition) is 5. The van der Waals surface area contributed by atoms with Gasteiger partial charge in [0.25, 0.3) is 0 Å². The van der Waals surface area contributed by atoms with Crippen molar-refractivity contribution in [3.05, 3.63) is 60.4 Å². The molecule has 1 saturated heterocycles. The number of imidazole rings is 1. The van der Waals surface area contributed by atoms with E-state index in [0.29, 0.717) is 12.2 Å². The average molecular weight is 399 g/mol. The summed E-state index contributed by atoms with van der Waals surface area (Å²) in [6.07, 6.45) is 0.461. The molecule has 4 rings (SSSR count). The fourth-order valence-electron chi connectivity index (χ4n) is 3.40. The molecule has 8 heteroatoms. The minimum absolute atomic E-state index is 0.00733. The van der Waals surface area contributed by atoms with Crippen LogP contribution < -0.4 is 10.1 Å². The van der Waals surface area contributed by atoms with Crippen molar-refractivity contribution in [1.29, 1.82) is 0 Å². The number of nitrogens with zero attached hydrogens (tertiary/aromatic N) is 2. The van der Waals surface area contributed by atoms with Crippen LogP contribution in [0.5, 0.6) is 5.75 Å². The molecule has 0 aliphatic carbocycles. The van der Waals surface area contributed by atoms with Crippen molar-refractivity contribution in [2.45, 2.75) is 25.6 Å². The molecule has 0 spiro atoms. The number of para-hydroxylation sites is 3. The van der Waals surface area contributed by atoms with E-state index in [1.807, 2.05) is 59.2 Å². The van der Waals surface area contributed by atoms with Gasteiger partial charge in [0.15, 0.2) is 9.84 Å². The predicted molar refractivity (Wildman–Crippen MR) is 106 cm³/mol. The summed E-state index contributed by atoms with van der Waals surface area (Å²) in [7, 11) is -3.04. The number of fused-ring (bicyclic) bond motifs is 1. The summed E-state index contributed by atoms with van der Waals surface area (Å²) in [5.41, 5.74) is 1.62. The molecule has 146 valence electrons. The Morgan fingerprint density at radius 2 is 1.89 bits per heavy atom. The van der Waals surface area contributed by atoms with Gasteiger partial charge in [-0.05, 0) is 30.7 Å². The van der Waals surface area contributed by atoms with Crippen LogP contribution in [0.2, 0.25) is 0 Å². The van der Waals surface area contributed by atoms with Crippen LogP contribution in [0.15, 0.2) is 54.6 Å². The molecule has 1 aliphatic heterocycles. The van der Waals surface area contributed by atoms with Gasteiger partial charge in [0, 0.05) is 6.04 Å². The molecule has 0 unspecified atom stereocenters. The van der Waals surface area contributed by atoms with Gasteiger partial charge in [0.1, 0.15) is 24.7 Å². The van der Waals surface area contributed by atoms with E-state index in [9.17, 15) is 13.2 Å². The van der Waals surface area contributed by atoms with Crippen LogP contribution in [-0.4, -0.2) is 41.4 Å². The highest BCUT2D eigenvalue weighted by molar-refractivity contribution is 7.91. The SMILES string of the molecule is O=C(Cn1c(COc2ccccc2)nc2ccccc21)N[C@H]1CCS(=O)(=O)C1. The Balaban J connectivity index is 1.52. The number of hydrogen-bond donors (Lipinski definition) is 1. The standard InChI is InChI=1S/C20H21N3O4S/c24-20(21-15-10-11-28(25,26)14-15)12-23-18-9-5-4-8-17(18)22-19(23)13-27-16-6-2-1-3-7-16/h1-9,15H,10-14H2,(H,21,24)/t15-/m0/s1. The minimum atomic E-state index is -3.04. The van der Waals surface area contributed by atoms with E-state index >= 15 is 0 Å². The monoisotopic (exact) mass is 399 g/mol. The molecular weight excluding hydrogens is 378 g/mol. The largest absolute Gasteiger partial charge is 0.486 e. The Labute approximate surface area is 163 Å². The van der Waals surface area contributed by atoms with Gasteiger partial charge >= 0.3 is 0 Å². The molecule has 3 aromatic rings. The van der Waals surface area contributed by atoms with E-state index in [2.05, 4.69) is 10.3 Å². The highest BCUT2D eigenvalue weighted by atomic mass is 32.2. The second-order valence-electron chi connectivity index (χ2n) is 6.87. The Morgan fingerprint density at radius 1 is 1.14 bits per heavy atom. The third-order valence-electron chi connectivity index (χ3n) is 4.74. The predicted octanol–water partition coefficient (Wildman–Crippen LogP) is 1.92. The summed E-state index contributed by atoms with van der Waals surface area (Å²) in [5.74, 6) is 1.27. The van der Waals surface area contributed by atoms with Crippen LogP contribution in [0.3, 0.4) is 0 Å². The fraction of sp³-hybridized carbons (Fsp3) is 0.300. The first kappa shape index (κ1) is 18.5. The Morgan fingerprint density at radius 3 is 2.64 bits per heavy atom. The molecule has 2 aromatic carbocycles. The van der Waals surface area contributed by atoms with Gasteiger partial charge in [0.2, 0.25) is 5.91 Å². The molecule has 1 aliphatic rings. The van der Waals surface area contributed by atoms with E-state index < -0.39 is 9.84 Å². The summed E-state index contributed by atoms with van der Waals surface area (Å²) in [6.45, 7) is 0.286. The maximum absolute atomic E-state index is 12.6. The molecule has 1 amide bonds. The van der Waals surface area contributed by atoms with E-state index in [1.165, 1.54) is 0 Å². The van der Waals surface area contributed by atoms with E-state index in [-0.39, 0.29) is 36.6 Å². The van der Waals surface area contributed by atoms with Crippen molar-refractivity contribution in [2.24, 2.45) is 0 Å². The smallest absolute Gasteiger partial charge is 0.240 e. The zero-order chi connectivity index (χ0) is 19.6. The quantitative estimate of drug-likeness (QED) is 0.684. The van der Waals surface area contributed by atoms with Gasteiger partial charge in [-0.15, -0.1) is 0 Å². The average Bonchev–Trinajstić information content (AvgIpc) is 3.20. The minimum Gasteiger partial charge on any atom is -0.486 e. The van der Waals surface area contributed by atoms with E-state index in [4.69, 9.17) is 4.74 Å². The lowest BCUT2D eigenvalue weighted by Crippen LogP contribution is -2.38. The van der Waals surface area contributed by atoms with Crippen molar-refractivity contribution in [1.82, 2.24) is 14.9 Å². The summed E-state index contributed by atoms with van der Waals surface area (Å²) < 4.78 is 30.8. The van der Waals surface area contributed by atoms with Crippen LogP contribution in [0, 0.1) is 0 Å². The normalized spacial score (nSPS) is 18.2. The van der Waals surface area contributed by atoms with Gasteiger partial charge in [0.05, 0.1) is 22.5 Å². The molecule has 0 saturated carbocycles. The first-order valence-corrected chi connectivity index (χ1v) is 10.9. The molecule has 28 heavy (non-hydrogen) atoms. The lowest BCUT2D eigenvalue weighted by molar-refractivity contribution is -0.122. The molecule has 2 heterocycles. The van der Waals surface area contributed by atoms with Crippen molar-refractivity contribution >= 4 is 26.8 Å². The molecule has 1 N–H and O–H groups in total. The Hall–Kier alpha value is -2.87. The lowest BCUT2D eigenvalue weighted by Gasteiger charge is -2.13. The van der Waals surface area contributed by atoms with E-state index in [0.717, 1.165) is 16.8 Å². The number of carbonyl (C=O) groups excluding carboxylic acids is 1. The van der Waals surface area contributed by atoms with Crippen molar-refractivity contribution < 1.29 is 17.9 Å². The third-order valence-corrected chi connectivity index (χ3v) is 6.51. The zero-order valence-corrected chi connectivity index (χ0v) is 16.1. The second kappa shape index (κ2) is 7.63. The first-order chi connectivity index (χ1) is 13.5. The summed E-state index contributed by atoms with van der Waals surface area (Å²) >= 11 is 0. The second-order valence-corrected chi connectivity index (χ2v) is 9.10. The van der Waals surface area contributed by atoms with E-state index in [1.54, 1.807) is 0 Å². The maximum atomic E-state index is 12.6. The van der Waals surface area contributed by atoms with Gasteiger partial charge in [-0.2, -0.15) is 0 Å². The maximum Gasteiger partial charge on any atom is 0.240 e. The van der Waals surface area contributed by atoms with Gasteiger partial charge in [-0.3, -0.25) is 4.79 Å². The molecule has 1 atom stereocenters. The van der Waals surface area contributed by atoms with Crippen LogP contribution in [0.1, 0.15) is 12.2 Å². The number of ether oxygens (including phenoxy) is 1. The van der Waals surface area contributed by atoms with Crippen LogP contribution >= 0.6 is 0 Å². The summed E-state index contributed by atoms with van der Waals surface area (Å²) in [4.78, 5) is 17.1. The topological polar surface area (TPSA) is 90.3 Å². The number of aromatic nitrogens is 2. The number of nitrogens with one attached hydrogen (secondary N) is 1. The highest BCUT2D eigenvalue weighted by Gasteiger charge is 2.29. The molecule has 7 nitrogen and oxygen atoms in total. The number of amides is 1. The highest BCUT2D eigenvalue weighted by Crippen LogP contribution is 2.19. The Bertz CT molecular complexity index is 1090. The van der Waals surface area contributed by atoms with Crippen molar-refractivity contribution in [3.63, 3.8) is 0 Å². The molecule has 1 aromatic heterocycles. The van der Waals surface area contributed by atoms with Crippen molar-refractivity contribution in [3.8, 4) is 5.75 Å². The van der Waals surface area contributed by atoms with Gasteiger partial charge in [-0.1, -0.05) is 30.3 Å². The Kier molecular flexibility index (Phi) is 5.04. The summed E-state index contributed by atoms with van der Waals surface area (Å²) in [6, 6.07) is 16.7. The summed E-state index contributed by atoms with van der Waals surface area (Å²) in [5, 5.41) is 2.83. The van der Waals surface area contributed by atoms with Crippen LogP contribution in [-0.2, 0) is 27.8 Å². The molecule has 0 radical (unpaired) electrons. The van der Waals surface area contributed by atoms with Crippen LogP contribution in [0.25, 0.3) is 11.0 Å². The van der Waals surface area contributed by atoms with Crippen molar-refractivity contribution in [2.75, 3.05) is 11.5 Å². The number of rotatable bonds is 6. The first-order valence-electron chi connectivity index (χ1n) is 9.12. The number of benzene rings is 2. The van der Waals surface area contributed by atoms with Gasteiger partial charge in [-0.25, -0.2) is 13.4 Å². The third kappa shape index (κ3) is 4.17. The zero-order valence-electron chi connectivity index (χ0n) is 15.2. The van der Waals surface area contributed by atoms with Gasteiger partial charge < -0.3 is 14.6 Å². The number of carbonyl (C=O) groups is 1. The molecular formula is C20H21N3O4S. The molecule has 1 fully saturated rings.